The molecule has 1 amide bonds. The van der Waals surface area contributed by atoms with E-state index in [2.05, 4.69) is 4.90 Å². The number of carbonyl (C=O) groups is 1. The maximum absolute atomic E-state index is 12.5. The van der Waals surface area contributed by atoms with Crippen LogP contribution in [0, 0.1) is 0 Å². The third-order valence-corrected chi connectivity index (χ3v) is 4.39. The zero-order valence-electron chi connectivity index (χ0n) is 13.8. The molecule has 0 radical (unpaired) electrons. The van der Waals surface area contributed by atoms with Crippen molar-refractivity contribution in [1.82, 2.24) is 9.80 Å². The Labute approximate surface area is 142 Å². The Morgan fingerprint density at radius 2 is 1.75 bits per heavy atom. The van der Waals surface area contributed by atoms with E-state index in [9.17, 15) is 9.90 Å². The van der Waals surface area contributed by atoms with Crippen molar-refractivity contribution in [2.75, 3.05) is 33.3 Å². The van der Waals surface area contributed by atoms with Gasteiger partial charge in [-0.15, -0.1) is 0 Å². The lowest BCUT2D eigenvalue weighted by Gasteiger charge is -2.35. The predicted molar refractivity (Wildman–Crippen MR) is 92.3 cm³/mol. The summed E-state index contributed by atoms with van der Waals surface area (Å²) in [5.41, 5.74) is 1.52. The molecule has 0 saturated carbocycles. The van der Waals surface area contributed by atoms with Crippen molar-refractivity contribution in [2.45, 2.75) is 6.54 Å². The van der Waals surface area contributed by atoms with Crippen LogP contribution in [0.1, 0.15) is 15.9 Å². The van der Waals surface area contributed by atoms with Crippen molar-refractivity contribution in [1.29, 1.82) is 0 Å². The number of hydrogen-bond donors (Lipinski definition) is 1. The van der Waals surface area contributed by atoms with E-state index in [1.54, 1.807) is 19.2 Å². The summed E-state index contributed by atoms with van der Waals surface area (Å²) in [7, 11) is 1.61. The Morgan fingerprint density at radius 3 is 2.42 bits per heavy atom. The molecule has 0 spiro atoms. The predicted octanol–water partition coefficient (Wildman–Crippen LogP) is 2.36. The Morgan fingerprint density at radius 1 is 1.04 bits per heavy atom. The van der Waals surface area contributed by atoms with Crippen LogP contribution in [0.2, 0.25) is 0 Å². The second-order valence-corrected chi connectivity index (χ2v) is 5.89. The summed E-state index contributed by atoms with van der Waals surface area (Å²) in [5.74, 6) is 1.02. The highest BCUT2D eigenvalue weighted by Crippen LogP contribution is 2.28. The van der Waals surface area contributed by atoms with Gasteiger partial charge in [-0.3, -0.25) is 9.69 Å². The molecule has 1 fully saturated rings. The number of amides is 1. The molecule has 1 aliphatic heterocycles. The summed E-state index contributed by atoms with van der Waals surface area (Å²) in [6, 6.07) is 14.7. The fraction of sp³-hybridized carbons (Fsp3) is 0.316. The number of rotatable bonds is 4. The second kappa shape index (κ2) is 7.36. The zero-order chi connectivity index (χ0) is 16.9. The smallest absolute Gasteiger partial charge is 0.253 e. The van der Waals surface area contributed by atoms with Gasteiger partial charge in [0.25, 0.3) is 5.91 Å². The molecule has 24 heavy (non-hydrogen) atoms. The molecule has 3 rings (SSSR count). The number of aromatic hydroxyl groups is 1. The minimum absolute atomic E-state index is 0.0791. The summed E-state index contributed by atoms with van der Waals surface area (Å²) in [6.45, 7) is 3.53. The first-order chi connectivity index (χ1) is 11.7. The standard InChI is InChI=1S/C19H22N2O3/c1-24-18-9-5-8-17(22)16(18)14-20-10-12-21(13-11-20)19(23)15-6-3-2-4-7-15/h2-9,22H,10-14H2,1H3. The van der Waals surface area contributed by atoms with Gasteiger partial charge < -0.3 is 14.7 Å². The Kier molecular flexibility index (Phi) is 5.01. The number of benzene rings is 2. The van der Waals surface area contributed by atoms with Crippen LogP contribution in [-0.2, 0) is 6.54 Å². The van der Waals surface area contributed by atoms with Gasteiger partial charge in [-0.1, -0.05) is 24.3 Å². The van der Waals surface area contributed by atoms with E-state index in [0.29, 0.717) is 25.4 Å². The quantitative estimate of drug-likeness (QED) is 0.937. The lowest BCUT2D eigenvalue weighted by molar-refractivity contribution is 0.0626. The van der Waals surface area contributed by atoms with Crippen LogP contribution >= 0.6 is 0 Å². The molecule has 5 heteroatoms. The summed E-state index contributed by atoms with van der Waals surface area (Å²) < 4.78 is 5.33. The highest BCUT2D eigenvalue weighted by atomic mass is 16.5. The summed E-state index contributed by atoms with van der Waals surface area (Å²) in [5, 5.41) is 10.1. The van der Waals surface area contributed by atoms with E-state index in [1.807, 2.05) is 41.3 Å². The highest BCUT2D eigenvalue weighted by Gasteiger charge is 2.23. The average molecular weight is 326 g/mol. The molecule has 0 aromatic heterocycles. The van der Waals surface area contributed by atoms with Crippen molar-refractivity contribution >= 4 is 5.91 Å². The number of carbonyl (C=O) groups excluding carboxylic acids is 1. The lowest BCUT2D eigenvalue weighted by Crippen LogP contribution is -2.48. The SMILES string of the molecule is COc1cccc(O)c1CN1CCN(C(=O)c2ccccc2)CC1. The number of hydrogen-bond acceptors (Lipinski definition) is 4. The second-order valence-electron chi connectivity index (χ2n) is 5.89. The fourth-order valence-electron chi connectivity index (χ4n) is 3.00. The minimum atomic E-state index is 0.0791. The number of ether oxygens (including phenoxy) is 1. The molecule has 0 aliphatic carbocycles. The van der Waals surface area contributed by atoms with Crippen LogP contribution in [-0.4, -0.2) is 54.1 Å². The maximum atomic E-state index is 12.5. The number of methoxy groups -OCH3 is 1. The molecule has 0 bridgehead atoms. The van der Waals surface area contributed by atoms with Crippen LogP contribution in [0.3, 0.4) is 0 Å². The molecule has 1 heterocycles. The number of phenolic OH excluding ortho intramolecular Hbond substituents is 1. The van der Waals surface area contributed by atoms with Crippen molar-refractivity contribution in [3.63, 3.8) is 0 Å². The van der Waals surface area contributed by atoms with Crippen LogP contribution in [0.5, 0.6) is 11.5 Å². The molecule has 1 aliphatic rings. The number of nitrogens with zero attached hydrogens (tertiary/aromatic N) is 2. The van der Waals surface area contributed by atoms with E-state index in [0.717, 1.165) is 24.2 Å². The molecular formula is C19H22N2O3. The molecule has 5 nitrogen and oxygen atoms in total. The maximum Gasteiger partial charge on any atom is 0.253 e. The first-order valence-corrected chi connectivity index (χ1v) is 8.10. The number of piperazine rings is 1. The third kappa shape index (κ3) is 3.51. The van der Waals surface area contributed by atoms with Crippen LogP contribution in [0.15, 0.2) is 48.5 Å². The fourth-order valence-corrected chi connectivity index (χ4v) is 3.00. The average Bonchev–Trinajstić information content (AvgIpc) is 2.64. The van der Waals surface area contributed by atoms with E-state index >= 15 is 0 Å². The van der Waals surface area contributed by atoms with E-state index in [-0.39, 0.29) is 11.7 Å². The topological polar surface area (TPSA) is 53.0 Å². The normalized spacial score (nSPS) is 15.3. The lowest BCUT2D eigenvalue weighted by atomic mass is 10.1. The summed E-state index contributed by atoms with van der Waals surface area (Å²) in [4.78, 5) is 16.6. The van der Waals surface area contributed by atoms with Gasteiger partial charge in [-0.2, -0.15) is 0 Å². The van der Waals surface area contributed by atoms with Crippen LogP contribution < -0.4 is 4.74 Å². The van der Waals surface area contributed by atoms with E-state index in [1.165, 1.54) is 0 Å². The third-order valence-electron chi connectivity index (χ3n) is 4.39. The molecule has 2 aromatic carbocycles. The van der Waals surface area contributed by atoms with Crippen molar-refractivity contribution < 1.29 is 14.6 Å². The van der Waals surface area contributed by atoms with Gasteiger partial charge in [-0.25, -0.2) is 0 Å². The summed E-state index contributed by atoms with van der Waals surface area (Å²) in [6.07, 6.45) is 0. The largest absolute Gasteiger partial charge is 0.507 e. The van der Waals surface area contributed by atoms with Gasteiger partial charge in [0.15, 0.2) is 0 Å². The molecule has 2 aromatic rings. The van der Waals surface area contributed by atoms with Gasteiger partial charge in [0.1, 0.15) is 11.5 Å². The molecule has 1 N–H and O–H groups in total. The highest BCUT2D eigenvalue weighted by molar-refractivity contribution is 5.94. The van der Waals surface area contributed by atoms with Gasteiger partial charge in [0.2, 0.25) is 0 Å². The Bertz CT molecular complexity index is 695. The first kappa shape index (κ1) is 16.3. The Balaban J connectivity index is 1.61. The first-order valence-electron chi connectivity index (χ1n) is 8.10. The minimum Gasteiger partial charge on any atom is -0.507 e. The molecular weight excluding hydrogens is 304 g/mol. The van der Waals surface area contributed by atoms with Gasteiger partial charge >= 0.3 is 0 Å². The monoisotopic (exact) mass is 326 g/mol. The van der Waals surface area contributed by atoms with Crippen LogP contribution in [0.25, 0.3) is 0 Å². The molecule has 1 saturated heterocycles. The molecule has 126 valence electrons. The summed E-state index contributed by atoms with van der Waals surface area (Å²) >= 11 is 0. The van der Waals surface area contributed by atoms with Crippen molar-refractivity contribution in [2.24, 2.45) is 0 Å². The van der Waals surface area contributed by atoms with Crippen molar-refractivity contribution in [3.8, 4) is 11.5 Å². The van der Waals surface area contributed by atoms with E-state index < -0.39 is 0 Å². The van der Waals surface area contributed by atoms with Gasteiger partial charge in [-0.05, 0) is 24.3 Å². The van der Waals surface area contributed by atoms with E-state index in [4.69, 9.17) is 4.74 Å². The number of phenols is 1. The van der Waals surface area contributed by atoms with Gasteiger partial charge in [0, 0.05) is 43.9 Å². The Hall–Kier alpha value is -2.53. The van der Waals surface area contributed by atoms with Crippen molar-refractivity contribution in [3.05, 3.63) is 59.7 Å². The molecule has 0 unspecified atom stereocenters. The zero-order valence-corrected chi connectivity index (χ0v) is 13.8. The van der Waals surface area contributed by atoms with Gasteiger partial charge in [0.05, 0.1) is 7.11 Å². The molecule has 0 atom stereocenters. The van der Waals surface area contributed by atoms with Crippen LogP contribution in [0.4, 0.5) is 0 Å².